The molecule has 3 nitrogen and oxygen atoms in total. The smallest absolute Gasteiger partial charge is 0.174 e. The average Bonchev–Trinajstić information content (AvgIpc) is 3.25. The lowest BCUT2D eigenvalue weighted by molar-refractivity contribution is 0.573. The third-order valence-electron chi connectivity index (χ3n) is 5.11. The Hall–Kier alpha value is -2.24. The van der Waals surface area contributed by atoms with Gasteiger partial charge in [0, 0.05) is 16.8 Å². The van der Waals surface area contributed by atoms with E-state index in [2.05, 4.69) is 77.8 Å². The van der Waals surface area contributed by atoms with Crippen molar-refractivity contribution in [2.45, 2.75) is 38.8 Å². The molecule has 0 spiro atoms. The van der Waals surface area contributed by atoms with Crippen molar-refractivity contribution in [3.8, 4) is 0 Å². The van der Waals surface area contributed by atoms with E-state index in [1.165, 1.54) is 16.0 Å². The first kappa shape index (κ1) is 18.1. The van der Waals surface area contributed by atoms with Crippen molar-refractivity contribution < 1.29 is 0 Å². The van der Waals surface area contributed by atoms with Crippen LogP contribution in [0.3, 0.4) is 0 Å². The topological polar surface area (TPSA) is 28.2 Å². The molecule has 1 aliphatic heterocycles. The van der Waals surface area contributed by atoms with E-state index in [4.69, 9.17) is 12.2 Å². The molecule has 0 unspecified atom stereocenters. The number of rotatable bonds is 4. The van der Waals surface area contributed by atoms with Crippen molar-refractivity contribution in [3.63, 3.8) is 0 Å². The van der Waals surface area contributed by atoms with Crippen LogP contribution < -0.4 is 10.2 Å². The fourth-order valence-corrected chi connectivity index (χ4v) is 5.01. The van der Waals surface area contributed by atoms with Gasteiger partial charge in [-0.2, -0.15) is 0 Å². The molecule has 0 radical (unpaired) electrons. The zero-order valence-electron chi connectivity index (χ0n) is 15.7. The van der Waals surface area contributed by atoms with Gasteiger partial charge >= 0.3 is 0 Å². The molecule has 2 aromatic heterocycles. The van der Waals surface area contributed by atoms with Crippen molar-refractivity contribution in [3.05, 3.63) is 81.8 Å². The van der Waals surface area contributed by atoms with Gasteiger partial charge in [-0.25, -0.2) is 0 Å². The number of nitrogens with zero attached hydrogens (tertiary/aromatic N) is 2. The van der Waals surface area contributed by atoms with Gasteiger partial charge in [0.1, 0.15) is 0 Å². The molecule has 138 valence electrons. The van der Waals surface area contributed by atoms with Crippen LogP contribution in [0.15, 0.2) is 60.1 Å². The molecular formula is C22H23N3S2. The Balaban J connectivity index is 1.79. The molecule has 1 saturated heterocycles. The molecular weight excluding hydrogens is 370 g/mol. The summed E-state index contributed by atoms with van der Waals surface area (Å²) in [5.74, 6) is 0.513. The van der Waals surface area contributed by atoms with E-state index in [-0.39, 0.29) is 12.1 Å². The minimum absolute atomic E-state index is 0.0285. The summed E-state index contributed by atoms with van der Waals surface area (Å²) in [5, 5.41) is 6.43. The zero-order valence-corrected chi connectivity index (χ0v) is 17.3. The van der Waals surface area contributed by atoms with Crippen LogP contribution in [0.4, 0.5) is 5.69 Å². The number of hydrogen-bond donors (Lipinski definition) is 1. The monoisotopic (exact) mass is 393 g/mol. The van der Waals surface area contributed by atoms with Crippen molar-refractivity contribution in [1.82, 2.24) is 10.3 Å². The molecule has 1 fully saturated rings. The van der Waals surface area contributed by atoms with Crippen LogP contribution in [0.1, 0.15) is 53.5 Å². The number of benzene rings is 1. The first-order valence-electron chi connectivity index (χ1n) is 9.21. The summed E-state index contributed by atoms with van der Waals surface area (Å²) in [7, 11) is 0. The lowest BCUT2D eigenvalue weighted by Crippen LogP contribution is -2.29. The SMILES string of the molecule is Cc1ccsc1[C@H]1[C@H](c2ccccn2)NC(=S)N1c1ccc(C(C)C)cc1. The molecule has 27 heavy (non-hydrogen) atoms. The van der Waals surface area contributed by atoms with Crippen LogP contribution in [0.2, 0.25) is 0 Å². The Morgan fingerprint density at radius 1 is 1.11 bits per heavy atom. The van der Waals surface area contributed by atoms with Crippen LogP contribution in [0, 0.1) is 6.92 Å². The molecule has 0 bridgehead atoms. The third kappa shape index (κ3) is 3.37. The second-order valence-electron chi connectivity index (χ2n) is 7.21. The van der Waals surface area contributed by atoms with Gasteiger partial charge in [0.05, 0.1) is 17.8 Å². The van der Waals surface area contributed by atoms with Gasteiger partial charge in [-0.15, -0.1) is 11.3 Å². The number of thiocarbonyl (C=S) groups is 1. The summed E-state index contributed by atoms with van der Waals surface area (Å²) in [4.78, 5) is 8.18. The average molecular weight is 394 g/mol. The molecule has 1 N–H and O–H groups in total. The fourth-order valence-electron chi connectivity index (χ4n) is 3.61. The quantitative estimate of drug-likeness (QED) is 0.571. The summed E-state index contributed by atoms with van der Waals surface area (Å²) < 4.78 is 0. The largest absolute Gasteiger partial charge is 0.351 e. The molecule has 0 amide bonds. The Morgan fingerprint density at radius 2 is 1.89 bits per heavy atom. The van der Waals surface area contributed by atoms with Gasteiger partial charge < -0.3 is 10.2 Å². The van der Waals surface area contributed by atoms with E-state index in [1.54, 1.807) is 11.3 Å². The highest BCUT2D eigenvalue weighted by Crippen LogP contribution is 2.44. The first-order valence-corrected chi connectivity index (χ1v) is 10.5. The molecule has 0 saturated carbocycles. The van der Waals surface area contributed by atoms with Crippen LogP contribution >= 0.6 is 23.6 Å². The number of hydrogen-bond acceptors (Lipinski definition) is 3. The zero-order chi connectivity index (χ0) is 19.0. The normalized spacial score (nSPS) is 19.6. The Bertz CT molecular complexity index is 932. The number of aryl methyl sites for hydroxylation is 1. The van der Waals surface area contributed by atoms with Crippen LogP contribution in [0.5, 0.6) is 0 Å². The molecule has 5 heteroatoms. The summed E-state index contributed by atoms with van der Waals surface area (Å²) in [6, 6.07) is 17.1. The highest BCUT2D eigenvalue weighted by atomic mass is 32.1. The van der Waals surface area contributed by atoms with Crippen molar-refractivity contribution in [2.24, 2.45) is 0 Å². The lowest BCUT2D eigenvalue weighted by atomic mass is 9.99. The Kier molecular flexibility index (Phi) is 4.98. The summed E-state index contributed by atoms with van der Waals surface area (Å²) >= 11 is 7.55. The maximum atomic E-state index is 5.77. The predicted octanol–water partition coefficient (Wildman–Crippen LogP) is 5.75. The number of thiophene rings is 1. The summed E-state index contributed by atoms with van der Waals surface area (Å²) in [6.07, 6.45) is 1.85. The van der Waals surface area contributed by atoms with E-state index in [9.17, 15) is 0 Å². The molecule has 1 aromatic carbocycles. The minimum atomic E-state index is 0.0285. The maximum absolute atomic E-state index is 5.77. The molecule has 0 aliphatic carbocycles. The van der Waals surface area contributed by atoms with Gasteiger partial charge in [0.15, 0.2) is 5.11 Å². The number of pyridine rings is 1. The van der Waals surface area contributed by atoms with E-state index in [0.29, 0.717) is 5.92 Å². The molecule has 2 atom stereocenters. The maximum Gasteiger partial charge on any atom is 0.174 e. The number of aromatic nitrogens is 1. The fraction of sp³-hybridized carbons (Fsp3) is 0.273. The second kappa shape index (κ2) is 7.41. The second-order valence-corrected chi connectivity index (χ2v) is 8.55. The minimum Gasteiger partial charge on any atom is -0.351 e. The standard InChI is InChI=1S/C22H23N3S2/c1-14(2)16-7-9-17(10-8-16)25-20(21-15(3)11-13-27-21)19(24-22(25)26)18-6-4-5-12-23-18/h4-14,19-20H,1-3H3,(H,24,26)/t19-,20+/m0/s1. The van der Waals surface area contributed by atoms with Gasteiger partial charge in [0.2, 0.25) is 0 Å². The van der Waals surface area contributed by atoms with E-state index in [0.717, 1.165) is 16.5 Å². The van der Waals surface area contributed by atoms with Gasteiger partial charge in [-0.1, -0.05) is 32.0 Å². The third-order valence-corrected chi connectivity index (χ3v) is 6.51. The van der Waals surface area contributed by atoms with Gasteiger partial charge in [-0.05, 0) is 71.9 Å². The molecule has 1 aliphatic rings. The first-order chi connectivity index (χ1) is 13.1. The van der Waals surface area contributed by atoms with E-state index >= 15 is 0 Å². The Morgan fingerprint density at radius 3 is 2.48 bits per heavy atom. The van der Waals surface area contributed by atoms with Crippen molar-refractivity contribution in [2.75, 3.05) is 4.90 Å². The molecule has 3 heterocycles. The molecule has 4 rings (SSSR count). The van der Waals surface area contributed by atoms with Crippen LogP contribution in [0.25, 0.3) is 0 Å². The summed E-state index contributed by atoms with van der Waals surface area (Å²) in [5.41, 5.74) is 4.76. The van der Waals surface area contributed by atoms with E-state index in [1.807, 2.05) is 18.3 Å². The highest BCUT2D eigenvalue weighted by molar-refractivity contribution is 7.80. The van der Waals surface area contributed by atoms with E-state index < -0.39 is 0 Å². The lowest BCUT2D eigenvalue weighted by Gasteiger charge is -2.28. The Labute approximate surface area is 170 Å². The number of nitrogens with one attached hydrogen (secondary N) is 1. The van der Waals surface area contributed by atoms with Crippen molar-refractivity contribution in [1.29, 1.82) is 0 Å². The number of anilines is 1. The van der Waals surface area contributed by atoms with Crippen LogP contribution in [-0.4, -0.2) is 10.1 Å². The van der Waals surface area contributed by atoms with Crippen LogP contribution in [-0.2, 0) is 0 Å². The van der Waals surface area contributed by atoms with Gasteiger partial charge in [0.25, 0.3) is 0 Å². The predicted molar refractivity (Wildman–Crippen MR) is 118 cm³/mol. The molecule has 3 aromatic rings. The highest BCUT2D eigenvalue weighted by Gasteiger charge is 2.41. The van der Waals surface area contributed by atoms with Gasteiger partial charge in [-0.3, -0.25) is 4.98 Å². The van der Waals surface area contributed by atoms with Crippen molar-refractivity contribution >= 4 is 34.4 Å². The summed E-state index contributed by atoms with van der Waals surface area (Å²) in [6.45, 7) is 6.60.